The van der Waals surface area contributed by atoms with Gasteiger partial charge in [-0.15, -0.1) is 5.10 Å². The zero-order chi connectivity index (χ0) is 19.2. The van der Waals surface area contributed by atoms with E-state index in [-0.39, 0.29) is 11.7 Å². The molecule has 0 radical (unpaired) electrons. The average molecular weight is 381 g/mol. The summed E-state index contributed by atoms with van der Waals surface area (Å²) in [6.07, 6.45) is 0. The van der Waals surface area contributed by atoms with Crippen molar-refractivity contribution in [2.24, 2.45) is 0 Å². The molecule has 0 aliphatic rings. The lowest BCUT2D eigenvalue weighted by atomic mass is 10.1. The molecule has 1 aromatic heterocycles. The van der Waals surface area contributed by atoms with Gasteiger partial charge in [-0.3, -0.25) is 9.59 Å². The molecular weight excluding hydrogens is 362 g/mol. The van der Waals surface area contributed by atoms with E-state index in [2.05, 4.69) is 20.8 Å². The van der Waals surface area contributed by atoms with Crippen LogP contribution in [-0.2, 0) is 11.3 Å². The molecule has 1 heterocycles. The fourth-order valence-electron chi connectivity index (χ4n) is 2.38. The van der Waals surface area contributed by atoms with Crippen LogP contribution >= 0.6 is 11.8 Å². The quantitative estimate of drug-likeness (QED) is 0.500. The lowest BCUT2D eigenvalue weighted by Gasteiger charge is -2.12. The third-order valence-corrected chi connectivity index (χ3v) is 4.96. The van der Waals surface area contributed by atoms with Gasteiger partial charge in [0.05, 0.1) is 11.8 Å². The van der Waals surface area contributed by atoms with Crippen molar-refractivity contribution in [3.63, 3.8) is 0 Å². The first-order chi connectivity index (χ1) is 13.0. The first-order valence-electron chi connectivity index (χ1n) is 8.41. The van der Waals surface area contributed by atoms with E-state index in [1.807, 2.05) is 30.3 Å². The molecule has 0 aliphatic heterocycles. The minimum Gasteiger partial charge on any atom is -0.325 e. The molecule has 1 N–H and O–H groups in total. The largest absolute Gasteiger partial charge is 0.325 e. The Kier molecular flexibility index (Phi) is 5.97. The fourth-order valence-corrected chi connectivity index (χ4v) is 3.17. The van der Waals surface area contributed by atoms with Gasteiger partial charge in [-0.1, -0.05) is 42.1 Å². The summed E-state index contributed by atoms with van der Waals surface area (Å²) in [5.41, 5.74) is 2.33. The second-order valence-electron chi connectivity index (χ2n) is 5.99. The second kappa shape index (κ2) is 8.59. The number of aromatic nitrogens is 4. The van der Waals surface area contributed by atoms with E-state index in [4.69, 9.17) is 0 Å². The Morgan fingerprint density at radius 3 is 2.48 bits per heavy atom. The van der Waals surface area contributed by atoms with Gasteiger partial charge in [0.15, 0.2) is 5.78 Å². The van der Waals surface area contributed by atoms with Gasteiger partial charge in [0.1, 0.15) is 0 Å². The third kappa shape index (κ3) is 5.01. The van der Waals surface area contributed by atoms with Crippen LogP contribution in [-0.4, -0.2) is 37.1 Å². The summed E-state index contributed by atoms with van der Waals surface area (Å²) in [4.78, 5) is 23.8. The number of hydrogen-bond acceptors (Lipinski definition) is 6. The number of nitrogens with zero attached hydrogens (tertiary/aromatic N) is 4. The molecule has 3 rings (SSSR count). The van der Waals surface area contributed by atoms with Gasteiger partial charge in [-0.05, 0) is 54.1 Å². The number of thioether (sulfide) groups is 1. The van der Waals surface area contributed by atoms with Gasteiger partial charge < -0.3 is 5.32 Å². The number of Topliss-reactive ketones (excluding diaryl/α,β-unsaturated/α-hetero) is 1. The van der Waals surface area contributed by atoms with Crippen molar-refractivity contribution in [3.8, 4) is 0 Å². The molecule has 2 aromatic carbocycles. The zero-order valence-electron chi connectivity index (χ0n) is 15.0. The Balaban J connectivity index is 1.61. The average Bonchev–Trinajstić information content (AvgIpc) is 3.09. The van der Waals surface area contributed by atoms with Crippen LogP contribution in [0.3, 0.4) is 0 Å². The van der Waals surface area contributed by atoms with Crippen molar-refractivity contribution in [1.82, 2.24) is 20.2 Å². The summed E-state index contributed by atoms with van der Waals surface area (Å²) in [5, 5.41) is 14.8. The summed E-state index contributed by atoms with van der Waals surface area (Å²) in [5.74, 6) is -0.174. The summed E-state index contributed by atoms with van der Waals surface area (Å²) < 4.78 is 1.67. The molecule has 1 amide bonds. The summed E-state index contributed by atoms with van der Waals surface area (Å²) >= 11 is 1.29. The topological polar surface area (TPSA) is 89.8 Å². The third-order valence-electron chi connectivity index (χ3n) is 3.88. The monoisotopic (exact) mass is 381 g/mol. The van der Waals surface area contributed by atoms with E-state index in [0.29, 0.717) is 23.0 Å². The van der Waals surface area contributed by atoms with Crippen LogP contribution in [0.25, 0.3) is 0 Å². The number of carbonyl (C=O) groups is 2. The Bertz CT molecular complexity index is 925. The number of rotatable bonds is 7. The summed E-state index contributed by atoms with van der Waals surface area (Å²) in [6, 6.07) is 16.7. The lowest BCUT2D eigenvalue weighted by molar-refractivity contribution is -0.115. The maximum absolute atomic E-state index is 12.5. The smallest absolute Gasteiger partial charge is 0.237 e. The highest BCUT2D eigenvalue weighted by atomic mass is 32.2. The lowest BCUT2D eigenvalue weighted by Crippen LogP contribution is -2.23. The Labute approximate surface area is 161 Å². The number of hydrogen-bond donors (Lipinski definition) is 1. The molecule has 8 heteroatoms. The molecule has 1 unspecified atom stereocenters. The predicted octanol–water partition coefficient (Wildman–Crippen LogP) is 3.04. The molecule has 7 nitrogen and oxygen atoms in total. The van der Waals surface area contributed by atoms with Crippen molar-refractivity contribution in [2.75, 3.05) is 5.32 Å². The van der Waals surface area contributed by atoms with E-state index >= 15 is 0 Å². The molecule has 1 atom stereocenters. The first-order valence-corrected chi connectivity index (χ1v) is 9.29. The van der Waals surface area contributed by atoms with Crippen LogP contribution in [0.1, 0.15) is 29.8 Å². The summed E-state index contributed by atoms with van der Waals surface area (Å²) in [6.45, 7) is 3.84. The number of amides is 1. The molecule has 0 bridgehead atoms. The number of nitrogens with one attached hydrogen (secondary N) is 1. The van der Waals surface area contributed by atoms with E-state index in [0.717, 1.165) is 5.56 Å². The van der Waals surface area contributed by atoms with Crippen LogP contribution in [0.5, 0.6) is 0 Å². The van der Waals surface area contributed by atoms with E-state index in [1.54, 1.807) is 35.9 Å². The van der Waals surface area contributed by atoms with Crippen molar-refractivity contribution in [1.29, 1.82) is 0 Å². The van der Waals surface area contributed by atoms with E-state index < -0.39 is 5.25 Å². The van der Waals surface area contributed by atoms with Crippen LogP contribution < -0.4 is 5.32 Å². The van der Waals surface area contributed by atoms with Gasteiger partial charge in [0.2, 0.25) is 11.1 Å². The molecule has 3 aromatic rings. The molecule has 0 fully saturated rings. The molecular formula is C19H19N5O2S. The maximum atomic E-state index is 12.5. The van der Waals surface area contributed by atoms with Crippen molar-refractivity contribution >= 4 is 29.1 Å². The van der Waals surface area contributed by atoms with Crippen LogP contribution in [0.2, 0.25) is 0 Å². The minimum absolute atomic E-state index is 0.0120. The number of carbonyl (C=O) groups excluding carboxylic acids is 2. The first kappa shape index (κ1) is 18.8. The van der Waals surface area contributed by atoms with Gasteiger partial charge in [0.25, 0.3) is 0 Å². The van der Waals surface area contributed by atoms with E-state index in [9.17, 15) is 9.59 Å². The van der Waals surface area contributed by atoms with Crippen LogP contribution in [0.15, 0.2) is 59.8 Å². The van der Waals surface area contributed by atoms with Gasteiger partial charge in [-0.25, -0.2) is 4.68 Å². The summed E-state index contributed by atoms with van der Waals surface area (Å²) in [7, 11) is 0. The predicted molar refractivity (Wildman–Crippen MR) is 104 cm³/mol. The molecule has 0 saturated heterocycles. The standard InChI is InChI=1S/C19H19N5O2S/c1-13(25)16-8-10-17(11-9-16)20-18(26)14(2)27-19-21-22-23-24(19)12-15-6-4-3-5-7-15/h3-11,14H,12H2,1-2H3,(H,20,26). The zero-order valence-corrected chi connectivity index (χ0v) is 15.8. The van der Waals surface area contributed by atoms with Gasteiger partial charge >= 0.3 is 0 Å². The Morgan fingerprint density at radius 1 is 1.11 bits per heavy atom. The number of benzene rings is 2. The number of anilines is 1. The van der Waals surface area contributed by atoms with Gasteiger partial charge in [0, 0.05) is 11.3 Å². The Hall–Kier alpha value is -3.00. The minimum atomic E-state index is -0.391. The molecule has 0 spiro atoms. The van der Waals surface area contributed by atoms with E-state index in [1.165, 1.54) is 18.7 Å². The molecule has 138 valence electrons. The highest BCUT2D eigenvalue weighted by molar-refractivity contribution is 8.00. The van der Waals surface area contributed by atoms with Crippen LogP contribution in [0.4, 0.5) is 5.69 Å². The van der Waals surface area contributed by atoms with Gasteiger partial charge in [-0.2, -0.15) is 0 Å². The normalized spacial score (nSPS) is 11.8. The van der Waals surface area contributed by atoms with Crippen LogP contribution in [0, 0.1) is 0 Å². The fraction of sp³-hybridized carbons (Fsp3) is 0.211. The van der Waals surface area contributed by atoms with Crippen molar-refractivity contribution < 1.29 is 9.59 Å². The molecule has 0 aliphatic carbocycles. The Morgan fingerprint density at radius 2 is 1.81 bits per heavy atom. The highest BCUT2D eigenvalue weighted by Gasteiger charge is 2.19. The second-order valence-corrected chi connectivity index (χ2v) is 7.30. The molecule has 27 heavy (non-hydrogen) atoms. The number of ketones is 1. The van der Waals surface area contributed by atoms with Crippen molar-refractivity contribution in [2.45, 2.75) is 30.8 Å². The van der Waals surface area contributed by atoms with Crippen molar-refractivity contribution in [3.05, 3.63) is 65.7 Å². The highest BCUT2D eigenvalue weighted by Crippen LogP contribution is 2.22. The number of tetrazole rings is 1. The molecule has 0 saturated carbocycles. The maximum Gasteiger partial charge on any atom is 0.237 e. The SMILES string of the molecule is CC(=O)c1ccc(NC(=O)C(C)Sc2nnnn2Cc2ccccc2)cc1.